The molecule has 15 heavy (non-hydrogen) atoms. The van der Waals surface area contributed by atoms with Crippen LogP contribution in [0.4, 0.5) is 8.78 Å². The Bertz CT molecular complexity index is 444. The fraction of sp³-hybridized carbons (Fsp3) is 0.250. The third-order valence-corrected chi connectivity index (χ3v) is 1.94. The van der Waals surface area contributed by atoms with E-state index in [-0.39, 0.29) is 0 Å². The summed E-state index contributed by atoms with van der Waals surface area (Å²) in [5.74, 6) is -1.02. The van der Waals surface area contributed by atoms with E-state index in [9.17, 15) is 18.4 Å². The Kier molecular flexibility index (Phi) is 3.41. The Morgan fingerprint density at radius 1 is 1.60 bits per heavy atom. The van der Waals surface area contributed by atoms with Gasteiger partial charge in [-0.05, 0) is 0 Å². The molecule has 7 heteroatoms. The molecule has 1 rings (SSSR count). The molecule has 0 radical (unpaired) electrons. The Hall–Kier alpha value is -1.43. The molecule has 0 spiro atoms. The topological polar surface area (TPSA) is 59.2 Å². The van der Waals surface area contributed by atoms with Crippen LogP contribution in [0.1, 0.15) is 22.3 Å². The molecule has 0 aliphatic rings. The zero-order valence-corrected chi connectivity index (χ0v) is 8.27. The van der Waals surface area contributed by atoms with Gasteiger partial charge in [0.25, 0.3) is 6.43 Å². The molecule has 0 atom stereocenters. The second-order valence-corrected chi connectivity index (χ2v) is 2.95. The number of H-pyrrole nitrogens is 1. The molecule has 1 aromatic heterocycles. The number of alkyl halides is 2. The second kappa shape index (κ2) is 4.39. The molecule has 0 bridgehead atoms. The van der Waals surface area contributed by atoms with Gasteiger partial charge >= 0.3 is 5.97 Å². The molecule has 0 aliphatic heterocycles. The van der Waals surface area contributed by atoms with Gasteiger partial charge in [-0.2, -0.15) is 0 Å². The summed E-state index contributed by atoms with van der Waals surface area (Å²) in [4.78, 5) is 24.0. The largest absolute Gasteiger partial charge is 0.465 e. The first-order chi connectivity index (χ1) is 6.97. The van der Waals surface area contributed by atoms with Gasteiger partial charge in [-0.25, -0.2) is 13.6 Å². The molecule has 82 valence electrons. The summed E-state index contributed by atoms with van der Waals surface area (Å²) < 4.78 is 29.2. The molecule has 0 unspecified atom stereocenters. The van der Waals surface area contributed by atoms with Crippen LogP contribution in [0.2, 0.25) is 5.15 Å². The summed E-state index contributed by atoms with van der Waals surface area (Å²) in [7, 11) is 1.03. The molecule has 0 aliphatic carbocycles. The third kappa shape index (κ3) is 2.33. The SMILES string of the molecule is COC(=O)c1c(C(F)F)cc(=O)[nH]c1Cl. The van der Waals surface area contributed by atoms with Gasteiger partial charge in [-0.1, -0.05) is 11.6 Å². The fourth-order valence-electron chi connectivity index (χ4n) is 1.03. The Labute approximate surface area is 87.8 Å². The molecule has 0 saturated carbocycles. The van der Waals surface area contributed by atoms with Crippen molar-refractivity contribution < 1.29 is 18.3 Å². The number of hydrogen-bond donors (Lipinski definition) is 1. The van der Waals surface area contributed by atoms with Crippen molar-refractivity contribution in [3.8, 4) is 0 Å². The van der Waals surface area contributed by atoms with Crippen LogP contribution in [-0.2, 0) is 4.74 Å². The average molecular weight is 238 g/mol. The maximum absolute atomic E-state index is 12.5. The van der Waals surface area contributed by atoms with Crippen LogP contribution in [0.15, 0.2) is 10.9 Å². The van der Waals surface area contributed by atoms with Gasteiger partial charge in [0.2, 0.25) is 5.56 Å². The minimum Gasteiger partial charge on any atom is -0.465 e. The molecule has 1 heterocycles. The van der Waals surface area contributed by atoms with E-state index >= 15 is 0 Å². The molecular formula is C8H6ClF2NO3. The van der Waals surface area contributed by atoms with Crippen LogP contribution in [0.5, 0.6) is 0 Å². The van der Waals surface area contributed by atoms with E-state index in [1.165, 1.54) is 0 Å². The lowest BCUT2D eigenvalue weighted by molar-refractivity contribution is 0.0589. The van der Waals surface area contributed by atoms with E-state index in [1.54, 1.807) is 0 Å². The number of nitrogens with one attached hydrogen (secondary N) is 1. The molecule has 4 nitrogen and oxygen atoms in total. The number of methoxy groups -OCH3 is 1. The van der Waals surface area contributed by atoms with Gasteiger partial charge in [-0.15, -0.1) is 0 Å². The summed E-state index contributed by atoms with van der Waals surface area (Å²) in [5, 5.41) is -0.454. The predicted molar refractivity (Wildman–Crippen MR) is 48.4 cm³/mol. The Morgan fingerprint density at radius 2 is 2.20 bits per heavy atom. The number of halogens is 3. The number of esters is 1. The van der Waals surface area contributed by atoms with Crippen molar-refractivity contribution >= 4 is 17.6 Å². The molecule has 0 saturated heterocycles. The minimum atomic E-state index is -2.97. The maximum atomic E-state index is 12.5. The summed E-state index contributed by atoms with van der Waals surface area (Å²) in [6, 6.07) is 0.614. The zero-order valence-electron chi connectivity index (χ0n) is 7.51. The molecule has 0 aromatic carbocycles. The summed E-state index contributed by atoms with van der Waals surface area (Å²) >= 11 is 5.46. The van der Waals surface area contributed by atoms with E-state index in [1.807, 2.05) is 4.98 Å². The quantitative estimate of drug-likeness (QED) is 0.630. The van der Waals surface area contributed by atoms with E-state index < -0.39 is 34.2 Å². The highest BCUT2D eigenvalue weighted by atomic mass is 35.5. The van der Waals surface area contributed by atoms with Crippen molar-refractivity contribution in [3.05, 3.63) is 32.7 Å². The number of ether oxygens (including phenoxy) is 1. The normalized spacial score (nSPS) is 10.5. The maximum Gasteiger partial charge on any atom is 0.341 e. The van der Waals surface area contributed by atoms with Gasteiger partial charge < -0.3 is 9.72 Å². The molecule has 1 aromatic rings. The fourth-order valence-corrected chi connectivity index (χ4v) is 1.31. The number of hydrogen-bond acceptors (Lipinski definition) is 3. The standard InChI is InChI=1S/C8H6ClF2NO3/c1-15-8(14)5-3(7(10)11)2-4(13)12-6(5)9/h2,7H,1H3,(H,12,13). The van der Waals surface area contributed by atoms with E-state index in [2.05, 4.69) is 4.74 Å². The van der Waals surface area contributed by atoms with E-state index in [4.69, 9.17) is 11.6 Å². The van der Waals surface area contributed by atoms with Crippen molar-refractivity contribution in [2.45, 2.75) is 6.43 Å². The van der Waals surface area contributed by atoms with E-state index in [0.29, 0.717) is 6.07 Å². The predicted octanol–water partition coefficient (Wildman–Crippen LogP) is 1.75. The average Bonchev–Trinajstić information content (AvgIpc) is 2.15. The van der Waals surface area contributed by atoms with Gasteiger partial charge in [0, 0.05) is 11.6 Å². The van der Waals surface area contributed by atoms with Gasteiger partial charge in [-0.3, -0.25) is 4.79 Å². The van der Waals surface area contributed by atoms with Crippen molar-refractivity contribution in [2.24, 2.45) is 0 Å². The smallest absolute Gasteiger partial charge is 0.341 e. The van der Waals surface area contributed by atoms with Crippen LogP contribution in [-0.4, -0.2) is 18.1 Å². The van der Waals surface area contributed by atoms with Crippen molar-refractivity contribution in [1.82, 2.24) is 4.98 Å². The Balaban J connectivity index is 3.47. The van der Waals surface area contributed by atoms with Crippen molar-refractivity contribution in [3.63, 3.8) is 0 Å². The Morgan fingerprint density at radius 3 is 2.67 bits per heavy atom. The second-order valence-electron chi connectivity index (χ2n) is 2.57. The lowest BCUT2D eigenvalue weighted by Gasteiger charge is -2.07. The van der Waals surface area contributed by atoms with Crippen molar-refractivity contribution in [2.75, 3.05) is 7.11 Å². The number of aromatic amines is 1. The van der Waals surface area contributed by atoms with Crippen LogP contribution < -0.4 is 5.56 Å². The van der Waals surface area contributed by atoms with Gasteiger partial charge in [0.05, 0.1) is 7.11 Å². The van der Waals surface area contributed by atoms with Crippen LogP contribution in [0.25, 0.3) is 0 Å². The highest BCUT2D eigenvalue weighted by molar-refractivity contribution is 6.32. The highest BCUT2D eigenvalue weighted by Gasteiger charge is 2.23. The van der Waals surface area contributed by atoms with Crippen LogP contribution in [0.3, 0.4) is 0 Å². The van der Waals surface area contributed by atoms with Crippen molar-refractivity contribution in [1.29, 1.82) is 0 Å². The lowest BCUT2D eigenvalue weighted by atomic mass is 10.1. The minimum absolute atomic E-state index is 0.454. The van der Waals surface area contributed by atoms with E-state index in [0.717, 1.165) is 7.11 Å². The summed E-state index contributed by atoms with van der Waals surface area (Å²) in [6.45, 7) is 0. The van der Waals surface area contributed by atoms with Crippen LogP contribution in [0, 0.1) is 0 Å². The lowest BCUT2D eigenvalue weighted by Crippen LogP contribution is -2.15. The number of carbonyl (C=O) groups is 1. The number of carbonyl (C=O) groups excluding carboxylic acids is 1. The third-order valence-electron chi connectivity index (χ3n) is 1.65. The zero-order chi connectivity index (χ0) is 11.6. The summed E-state index contributed by atoms with van der Waals surface area (Å²) in [6.07, 6.45) is -2.97. The first-order valence-electron chi connectivity index (χ1n) is 3.76. The summed E-state index contributed by atoms with van der Waals surface area (Å²) in [5.41, 5.74) is -2.06. The molecule has 0 amide bonds. The molecular weight excluding hydrogens is 232 g/mol. The molecule has 1 N–H and O–H groups in total. The van der Waals surface area contributed by atoms with Gasteiger partial charge in [0.1, 0.15) is 10.7 Å². The number of aromatic nitrogens is 1. The molecule has 0 fully saturated rings. The number of rotatable bonds is 2. The highest BCUT2D eigenvalue weighted by Crippen LogP contribution is 2.25. The van der Waals surface area contributed by atoms with Gasteiger partial charge in [0.15, 0.2) is 0 Å². The van der Waals surface area contributed by atoms with Crippen LogP contribution >= 0.6 is 11.6 Å². The monoisotopic (exact) mass is 237 g/mol. The first kappa shape index (κ1) is 11.6. The number of pyridine rings is 1. The first-order valence-corrected chi connectivity index (χ1v) is 4.14.